The van der Waals surface area contributed by atoms with Crippen molar-refractivity contribution in [1.82, 2.24) is 0 Å². The maximum Gasteiger partial charge on any atom is 0.0145 e. The number of hydrogen-bond donors (Lipinski definition) is 0. The van der Waals surface area contributed by atoms with Crippen molar-refractivity contribution in [2.45, 2.75) is 70.0 Å². The third-order valence-corrected chi connectivity index (χ3v) is 3.16. The van der Waals surface area contributed by atoms with Crippen LogP contribution in [0.1, 0.15) is 65.2 Å². The lowest BCUT2D eigenvalue weighted by Crippen LogP contribution is -1.96. The lowest BCUT2D eigenvalue weighted by atomic mass is 10.1. The molecule has 0 N–H and O–H groups in total. The molecule has 0 saturated heterocycles. The second-order valence-electron chi connectivity index (χ2n) is 3.59. The minimum atomic E-state index is 0.786. The molecule has 74 valence electrons. The zero-order chi connectivity index (χ0) is 9.23. The first-order valence-corrected chi connectivity index (χ1v) is 6.36. The van der Waals surface area contributed by atoms with Gasteiger partial charge in [-0.3, -0.25) is 0 Å². The van der Waals surface area contributed by atoms with Crippen LogP contribution >= 0.6 is 15.9 Å². The molecule has 0 fully saturated rings. The van der Waals surface area contributed by atoms with Gasteiger partial charge in [-0.2, -0.15) is 0 Å². The molecule has 0 nitrogen and oxygen atoms in total. The monoisotopic (exact) mass is 234 g/mol. The Kier molecular flexibility index (Phi) is 9.95. The molecule has 1 unspecified atom stereocenters. The van der Waals surface area contributed by atoms with E-state index in [-0.39, 0.29) is 0 Å². The summed E-state index contributed by atoms with van der Waals surface area (Å²) in [6, 6.07) is 0. The van der Waals surface area contributed by atoms with Crippen molar-refractivity contribution in [3.8, 4) is 0 Å². The van der Waals surface area contributed by atoms with Crippen LogP contribution in [0.2, 0.25) is 0 Å². The summed E-state index contributed by atoms with van der Waals surface area (Å²) in [6.07, 6.45) is 11.0. The largest absolute Gasteiger partial charge is 0.0891 e. The van der Waals surface area contributed by atoms with E-state index in [1.165, 1.54) is 51.4 Å². The minimum Gasteiger partial charge on any atom is -0.0891 e. The van der Waals surface area contributed by atoms with Crippen LogP contribution in [0, 0.1) is 0 Å². The Bertz CT molecular complexity index is 81.1. The van der Waals surface area contributed by atoms with Gasteiger partial charge in [0.2, 0.25) is 0 Å². The van der Waals surface area contributed by atoms with Crippen LogP contribution in [0.15, 0.2) is 0 Å². The molecule has 1 heteroatoms. The van der Waals surface area contributed by atoms with E-state index >= 15 is 0 Å². The SMILES string of the molecule is CCCCCCC(Br)CCCC. The summed E-state index contributed by atoms with van der Waals surface area (Å²) >= 11 is 3.73. The number of rotatable bonds is 8. The van der Waals surface area contributed by atoms with E-state index in [9.17, 15) is 0 Å². The van der Waals surface area contributed by atoms with E-state index in [2.05, 4.69) is 29.8 Å². The maximum atomic E-state index is 3.73. The third kappa shape index (κ3) is 8.58. The average Bonchev–Trinajstić information content (AvgIpc) is 2.09. The standard InChI is InChI=1S/C11H23Br/c1-3-5-7-8-10-11(12)9-6-4-2/h11H,3-10H2,1-2H3. The van der Waals surface area contributed by atoms with Gasteiger partial charge in [0.15, 0.2) is 0 Å². The summed E-state index contributed by atoms with van der Waals surface area (Å²) in [6.45, 7) is 4.53. The second kappa shape index (κ2) is 9.57. The van der Waals surface area contributed by atoms with E-state index < -0.39 is 0 Å². The van der Waals surface area contributed by atoms with Gasteiger partial charge in [-0.1, -0.05) is 68.3 Å². The van der Waals surface area contributed by atoms with E-state index in [0.717, 1.165) is 4.83 Å². The topological polar surface area (TPSA) is 0 Å². The van der Waals surface area contributed by atoms with Gasteiger partial charge in [-0.15, -0.1) is 0 Å². The molecule has 0 aromatic carbocycles. The summed E-state index contributed by atoms with van der Waals surface area (Å²) in [5.41, 5.74) is 0. The molecule has 0 aliphatic rings. The number of unbranched alkanes of at least 4 members (excludes halogenated alkanes) is 4. The smallest absolute Gasteiger partial charge is 0.0145 e. The first-order valence-electron chi connectivity index (χ1n) is 5.45. The highest BCUT2D eigenvalue weighted by atomic mass is 79.9. The fraction of sp³-hybridized carbons (Fsp3) is 1.00. The summed E-state index contributed by atoms with van der Waals surface area (Å²) < 4.78 is 0. The fourth-order valence-electron chi connectivity index (χ4n) is 1.36. The van der Waals surface area contributed by atoms with Crippen LogP contribution in [-0.4, -0.2) is 4.83 Å². The molecule has 0 aliphatic carbocycles. The van der Waals surface area contributed by atoms with Gasteiger partial charge in [0.05, 0.1) is 0 Å². The molecule has 12 heavy (non-hydrogen) atoms. The van der Waals surface area contributed by atoms with Gasteiger partial charge < -0.3 is 0 Å². The summed E-state index contributed by atoms with van der Waals surface area (Å²) in [7, 11) is 0. The van der Waals surface area contributed by atoms with E-state index in [4.69, 9.17) is 0 Å². The molecule has 0 bridgehead atoms. The molecule has 0 saturated carbocycles. The Labute approximate surface area is 86.3 Å². The van der Waals surface area contributed by atoms with Crippen molar-refractivity contribution >= 4 is 15.9 Å². The minimum absolute atomic E-state index is 0.786. The Morgan fingerprint density at radius 3 is 2.00 bits per heavy atom. The van der Waals surface area contributed by atoms with Crippen LogP contribution in [-0.2, 0) is 0 Å². The first kappa shape index (κ1) is 12.5. The number of halogens is 1. The average molecular weight is 235 g/mol. The van der Waals surface area contributed by atoms with Crippen molar-refractivity contribution in [2.24, 2.45) is 0 Å². The highest BCUT2D eigenvalue weighted by Crippen LogP contribution is 2.17. The van der Waals surface area contributed by atoms with E-state index in [0.29, 0.717) is 0 Å². The van der Waals surface area contributed by atoms with Crippen molar-refractivity contribution in [2.75, 3.05) is 0 Å². The lowest BCUT2D eigenvalue weighted by molar-refractivity contribution is 0.588. The number of alkyl halides is 1. The molecule has 0 aliphatic heterocycles. The highest BCUT2D eigenvalue weighted by molar-refractivity contribution is 9.09. The lowest BCUT2D eigenvalue weighted by Gasteiger charge is -2.07. The Morgan fingerprint density at radius 1 is 0.833 bits per heavy atom. The van der Waals surface area contributed by atoms with Gasteiger partial charge >= 0.3 is 0 Å². The molecular weight excluding hydrogens is 212 g/mol. The van der Waals surface area contributed by atoms with Gasteiger partial charge in [0.25, 0.3) is 0 Å². The van der Waals surface area contributed by atoms with Gasteiger partial charge in [-0.25, -0.2) is 0 Å². The van der Waals surface area contributed by atoms with Crippen molar-refractivity contribution in [1.29, 1.82) is 0 Å². The summed E-state index contributed by atoms with van der Waals surface area (Å²) in [5.74, 6) is 0. The third-order valence-electron chi connectivity index (χ3n) is 2.24. The maximum absolute atomic E-state index is 3.73. The molecule has 0 amide bonds. The summed E-state index contributed by atoms with van der Waals surface area (Å²) in [5, 5.41) is 0. The molecule has 0 rings (SSSR count). The molecule has 0 aromatic rings. The molecule has 0 aromatic heterocycles. The van der Waals surface area contributed by atoms with Crippen LogP contribution in [0.25, 0.3) is 0 Å². The molecule has 0 spiro atoms. The Hall–Kier alpha value is 0.480. The molecular formula is C11H23Br. The van der Waals surface area contributed by atoms with Crippen LogP contribution in [0.3, 0.4) is 0 Å². The van der Waals surface area contributed by atoms with E-state index in [1.807, 2.05) is 0 Å². The second-order valence-corrected chi connectivity index (χ2v) is 4.88. The molecule has 1 atom stereocenters. The van der Waals surface area contributed by atoms with Crippen molar-refractivity contribution in [3.63, 3.8) is 0 Å². The normalized spacial score (nSPS) is 13.2. The van der Waals surface area contributed by atoms with Crippen molar-refractivity contribution < 1.29 is 0 Å². The number of hydrogen-bond acceptors (Lipinski definition) is 0. The van der Waals surface area contributed by atoms with Crippen molar-refractivity contribution in [3.05, 3.63) is 0 Å². The molecule has 0 heterocycles. The predicted molar refractivity (Wildman–Crippen MR) is 61.0 cm³/mol. The van der Waals surface area contributed by atoms with Crippen LogP contribution < -0.4 is 0 Å². The van der Waals surface area contributed by atoms with Gasteiger partial charge in [0.1, 0.15) is 0 Å². The predicted octanol–water partition coefficient (Wildman–Crippen LogP) is 4.91. The van der Waals surface area contributed by atoms with Crippen LogP contribution in [0.5, 0.6) is 0 Å². The zero-order valence-electron chi connectivity index (χ0n) is 8.61. The van der Waals surface area contributed by atoms with E-state index in [1.54, 1.807) is 0 Å². The van der Waals surface area contributed by atoms with Gasteiger partial charge in [0, 0.05) is 4.83 Å². The zero-order valence-corrected chi connectivity index (χ0v) is 10.2. The Morgan fingerprint density at radius 2 is 1.42 bits per heavy atom. The molecule has 0 radical (unpaired) electrons. The van der Waals surface area contributed by atoms with Crippen LogP contribution in [0.4, 0.5) is 0 Å². The highest BCUT2D eigenvalue weighted by Gasteiger charge is 2.01. The summed E-state index contributed by atoms with van der Waals surface area (Å²) in [4.78, 5) is 0.786. The first-order chi connectivity index (χ1) is 5.81. The Balaban J connectivity index is 3.02. The quantitative estimate of drug-likeness (QED) is 0.414. The fourth-order valence-corrected chi connectivity index (χ4v) is 2.01. The van der Waals surface area contributed by atoms with Gasteiger partial charge in [-0.05, 0) is 12.8 Å².